The van der Waals surface area contributed by atoms with Crippen LogP contribution in [-0.2, 0) is 4.79 Å². The molecule has 1 aliphatic heterocycles. The molecule has 2 saturated carbocycles. The average molecular weight is 313 g/mol. The molecule has 0 bridgehead atoms. The number of aliphatic carboxylic acids is 1. The van der Waals surface area contributed by atoms with Gasteiger partial charge < -0.3 is 5.11 Å². The van der Waals surface area contributed by atoms with Gasteiger partial charge in [0.05, 0.1) is 5.92 Å². The lowest BCUT2D eigenvalue weighted by Gasteiger charge is -2.38. The first-order valence-electron chi connectivity index (χ1n) is 9.26. The Hall–Kier alpha value is -1.35. The standard InChI is InChI=1S/C20H27NO2/c22-20(23)19-17-8-4-7-16(17)13-18(19)21-11-9-15(10-12-21)14-5-2-1-3-6-14/h1-3,5-6,15-19H,4,7-13H2,(H,22,23)/t16?,17?,18?,19-/m1/s1. The van der Waals surface area contributed by atoms with Crippen molar-refractivity contribution >= 4 is 5.97 Å². The van der Waals surface area contributed by atoms with Gasteiger partial charge in [-0.05, 0) is 62.1 Å². The Kier molecular flexibility index (Phi) is 4.14. The molecule has 3 nitrogen and oxygen atoms in total. The van der Waals surface area contributed by atoms with Crippen LogP contribution in [-0.4, -0.2) is 35.1 Å². The average Bonchev–Trinajstić information content (AvgIpc) is 3.16. The molecule has 3 fully saturated rings. The van der Waals surface area contributed by atoms with E-state index in [2.05, 4.69) is 35.2 Å². The predicted molar refractivity (Wildman–Crippen MR) is 90.4 cm³/mol. The monoisotopic (exact) mass is 313 g/mol. The highest BCUT2D eigenvalue weighted by Crippen LogP contribution is 2.50. The second-order valence-corrected chi connectivity index (χ2v) is 7.74. The van der Waals surface area contributed by atoms with E-state index in [0.717, 1.165) is 25.9 Å². The number of carboxylic acid groups (broad SMARTS) is 1. The summed E-state index contributed by atoms with van der Waals surface area (Å²) in [5.41, 5.74) is 1.45. The first-order valence-corrected chi connectivity index (χ1v) is 9.26. The van der Waals surface area contributed by atoms with E-state index in [-0.39, 0.29) is 5.92 Å². The number of likely N-dealkylation sites (tertiary alicyclic amines) is 1. The maximum atomic E-state index is 11.9. The summed E-state index contributed by atoms with van der Waals surface area (Å²) in [6, 6.07) is 11.1. The third kappa shape index (κ3) is 2.80. The molecule has 0 radical (unpaired) electrons. The molecule has 0 aromatic heterocycles. The zero-order chi connectivity index (χ0) is 15.8. The summed E-state index contributed by atoms with van der Waals surface area (Å²) in [6.45, 7) is 2.13. The Balaban J connectivity index is 1.43. The van der Waals surface area contributed by atoms with E-state index in [4.69, 9.17) is 0 Å². The van der Waals surface area contributed by atoms with E-state index in [9.17, 15) is 9.90 Å². The zero-order valence-corrected chi connectivity index (χ0v) is 13.7. The van der Waals surface area contributed by atoms with Gasteiger partial charge in [-0.2, -0.15) is 0 Å². The van der Waals surface area contributed by atoms with Crippen molar-refractivity contribution in [2.75, 3.05) is 13.1 Å². The maximum Gasteiger partial charge on any atom is 0.308 e. The number of carboxylic acids is 1. The minimum absolute atomic E-state index is 0.115. The van der Waals surface area contributed by atoms with E-state index in [1.165, 1.54) is 31.2 Å². The Morgan fingerprint density at radius 3 is 2.48 bits per heavy atom. The lowest BCUT2D eigenvalue weighted by molar-refractivity contribution is -0.145. The SMILES string of the molecule is O=C(O)[C@@H]1C2CCCC2CC1N1CCC(c2ccccc2)CC1. The number of piperidine rings is 1. The van der Waals surface area contributed by atoms with Gasteiger partial charge >= 0.3 is 5.97 Å². The fourth-order valence-electron chi connectivity index (χ4n) is 5.59. The Morgan fingerprint density at radius 2 is 1.78 bits per heavy atom. The highest BCUT2D eigenvalue weighted by Gasteiger charge is 2.50. The predicted octanol–water partition coefficient (Wildman–Crippen LogP) is 3.76. The van der Waals surface area contributed by atoms with Crippen LogP contribution in [0.1, 0.15) is 50.0 Å². The van der Waals surface area contributed by atoms with E-state index in [1.54, 1.807) is 0 Å². The van der Waals surface area contributed by atoms with Crippen LogP contribution < -0.4 is 0 Å². The molecule has 3 unspecified atom stereocenters. The van der Waals surface area contributed by atoms with Gasteiger partial charge in [0.15, 0.2) is 0 Å². The highest BCUT2D eigenvalue weighted by atomic mass is 16.4. The number of hydrogen-bond donors (Lipinski definition) is 1. The zero-order valence-electron chi connectivity index (χ0n) is 13.7. The quantitative estimate of drug-likeness (QED) is 0.924. The normalized spacial score (nSPS) is 35.3. The van der Waals surface area contributed by atoms with Gasteiger partial charge in [0.2, 0.25) is 0 Å². The van der Waals surface area contributed by atoms with Crippen LogP contribution in [0.3, 0.4) is 0 Å². The smallest absolute Gasteiger partial charge is 0.308 e. The van der Waals surface area contributed by atoms with Crippen molar-refractivity contribution in [3.8, 4) is 0 Å². The van der Waals surface area contributed by atoms with Crippen LogP contribution in [0.4, 0.5) is 0 Å². The summed E-state index contributed by atoms with van der Waals surface area (Å²) < 4.78 is 0. The second kappa shape index (κ2) is 6.27. The van der Waals surface area contributed by atoms with E-state index >= 15 is 0 Å². The Bertz CT molecular complexity index is 550. The first kappa shape index (κ1) is 15.2. The van der Waals surface area contributed by atoms with Gasteiger partial charge in [0, 0.05) is 6.04 Å². The van der Waals surface area contributed by atoms with E-state index in [1.807, 2.05) is 0 Å². The van der Waals surface area contributed by atoms with Gasteiger partial charge in [-0.25, -0.2) is 0 Å². The van der Waals surface area contributed by atoms with E-state index < -0.39 is 5.97 Å². The number of benzene rings is 1. The van der Waals surface area contributed by atoms with Crippen LogP contribution in [0.2, 0.25) is 0 Å². The minimum atomic E-state index is -0.547. The number of fused-ring (bicyclic) bond motifs is 1. The van der Waals surface area contributed by atoms with Gasteiger partial charge in [-0.1, -0.05) is 43.2 Å². The molecule has 124 valence electrons. The van der Waals surface area contributed by atoms with Crippen molar-refractivity contribution in [3.63, 3.8) is 0 Å². The molecule has 4 atom stereocenters. The van der Waals surface area contributed by atoms with Gasteiger partial charge in [-0.15, -0.1) is 0 Å². The highest BCUT2D eigenvalue weighted by molar-refractivity contribution is 5.72. The topological polar surface area (TPSA) is 40.5 Å². The molecular formula is C20H27NO2. The number of rotatable bonds is 3. The maximum absolute atomic E-state index is 11.9. The summed E-state index contributed by atoms with van der Waals surface area (Å²) in [7, 11) is 0. The van der Waals surface area contributed by atoms with Crippen molar-refractivity contribution in [3.05, 3.63) is 35.9 Å². The molecule has 3 heteroatoms. The van der Waals surface area contributed by atoms with Crippen LogP contribution in [0.15, 0.2) is 30.3 Å². The fourth-order valence-corrected chi connectivity index (χ4v) is 5.59. The van der Waals surface area contributed by atoms with Gasteiger partial charge in [0.1, 0.15) is 0 Å². The third-order valence-electron chi connectivity index (χ3n) is 6.69. The fraction of sp³-hybridized carbons (Fsp3) is 0.650. The molecule has 1 heterocycles. The second-order valence-electron chi connectivity index (χ2n) is 7.74. The van der Waals surface area contributed by atoms with Crippen LogP contribution in [0.5, 0.6) is 0 Å². The molecule has 4 rings (SSSR count). The molecular weight excluding hydrogens is 286 g/mol. The van der Waals surface area contributed by atoms with Crippen LogP contribution in [0.25, 0.3) is 0 Å². The van der Waals surface area contributed by atoms with Gasteiger partial charge in [0.25, 0.3) is 0 Å². The molecule has 0 amide bonds. The first-order chi connectivity index (χ1) is 11.2. The molecule has 23 heavy (non-hydrogen) atoms. The van der Waals surface area contributed by atoms with Crippen LogP contribution >= 0.6 is 0 Å². The van der Waals surface area contributed by atoms with E-state index in [0.29, 0.717) is 23.8 Å². The van der Waals surface area contributed by atoms with Crippen molar-refractivity contribution in [2.24, 2.45) is 17.8 Å². The van der Waals surface area contributed by atoms with Gasteiger partial charge in [-0.3, -0.25) is 9.69 Å². The molecule has 3 aliphatic rings. The molecule has 0 spiro atoms. The summed E-state index contributed by atoms with van der Waals surface area (Å²) in [5, 5.41) is 9.76. The number of carbonyl (C=O) groups is 1. The minimum Gasteiger partial charge on any atom is -0.481 e. The largest absolute Gasteiger partial charge is 0.481 e. The lowest BCUT2D eigenvalue weighted by Crippen LogP contribution is -2.45. The number of nitrogens with zero attached hydrogens (tertiary/aromatic N) is 1. The summed E-state index contributed by atoms with van der Waals surface area (Å²) in [5.74, 6) is 1.11. The molecule has 1 aromatic carbocycles. The number of hydrogen-bond acceptors (Lipinski definition) is 2. The summed E-state index contributed by atoms with van der Waals surface area (Å²) >= 11 is 0. The lowest BCUT2D eigenvalue weighted by atomic mass is 9.86. The molecule has 1 N–H and O–H groups in total. The van der Waals surface area contributed by atoms with Crippen molar-refractivity contribution < 1.29 is 9.90 Å². The van der Waals surface area contributed by atoms with Crippen molar-refractivity contribution in [1.29, 1.82) is 0 Å². The Labute approximate surface area is 138 Å². The summed E-state index contributed by atoms with van der Waals surface area (Å²) in [4.78, 5) is 14.4. The van der Waals surface area contributed by atoms with Crippen LogP contribution in [0, 0.1) is 17.8 Å². The third-order valence-corrected chi connectivity index (χ3v) is 6.69. The van der Waals surface area contributed by atoms with Crippen molar-refractivity contribution in [1.82, 2.24) is 4.90 Å². The molecule has 2 aliphatic carbocycles. The Morgan fingerprint density at radius 1 is 1.04 bits per heavy atom. The molecule has 1 saturated heterocycles. The summed E-state index contributed by atoms with van der Waals surface area (Å²) in [6.07, 6.45) is 7.09. The molecule has 1 aromatic rings. The van der Waals surface area contributed by atoms with Crippen molar-refractivity contribution in [2.45, 2.75) is 50.5 Å².